The average molecular weight is 288 g/mol. The number of benzene rings is 1. The standard InChI is InChI=1S/C16H17FN2O2/c1-12(14-8-5-9-15(17)19-14)10-18-16(20)21-11-13-6-3-2-4-7-13/h2-9,12H,10-11H2,1H3,(H,18,20). The van der Waals surface area contributed by atoms with Crippen LogP contribution in [0.3, 0.4) is 0 Å². The van der Waals surface area contributed by atoms with Crippen molar-refractivity contribution >= 4 is 6.09 Å². The Morgan fingerprint density at radius 3 is 2.71 bits per heavy atom. The van der Waals surface area contributed by atoms with Crippen molar-refractivity contribution < 1.29 is 13.9 Å². The molecule has 1 unspecified atom stereocenters. The molecule has 0 saturated heterocycles. The van der Waals surface area contributed by atoms with Gasteiger partial charge in [0.15, 0.2) is 0 Å². The van der Waals surface area contributed by atoms with Gasteiger partial charge in [-0.15, -0.1) is 0 Å². The third kappa shape index (κ3) is 4.87. The highest BCUT2D eigenvalue weighted by Gasteiger charge is 2.10. The molecule has 5 heteroatoms. The lowest BCUT2D eigenvalue weighted by molar-refractivity contribution is 0.139. The molecule has 21 heavy (non-hydrogen) atoms. The molecule has 0 aliphatic carbocycles. The number of halogens is 1. The average Bonchev–Trinajstić information content (AvgIpc) is 2.51. The number of ether oxygens (including phenoxy) is 1. The number of rotatable bonds is 5. The maximum absolute atomic E-state index is 13.0. The van der Waals surface area contributed by atoms with E-state index in [0.29, 0.717) is 12.2 Å². The first-order valence-electron chi connectivity index (χ1n) is 6.72. The summed E-state index contributed by atoms with van der Waals surface area (Å²) in [4.78, 5) is 15.4. The zero-order valence-corrected chi connectivity index (χ0v) is 11.8. The van der Waals surface area contributed by atoms with Gasteiger partial charge in [-0.3, -0.25) is 0 Å². The van der Waals surface area contributed by atoms with E-state index in [1.165, 1.54) is 6.07 Å². The molecule has 0 saturated carbocycles. The summed E-state index contributed by atoms with van der Waals surface area (Å²) in [6, 6.07) is 14.0. The Kier molecular flexibility index (Phi) is 5.26. The molecule has 4 nitrogen and oxygen atoms in total. The molecule has 0 spiro atoms. The van der Waals surface area contributed by atoms with Crippen molar-refractivity contribution in [3.05, 3.63) is 65.7 Å². The lowest BCUT2D eigenvalue weighted by Crippen LogP contribution is -2.28. The smallest absolute Gasteiger partial charge is 0.407 e. The zero-order chi connectivity index (χ0) is 15.1. The summed E-state index contributed by atoms with van der Waals surface area (Å²) in [5.41, 5.74) is 1.52. The number of carbonyl (C=O) groups excluding carboxylic acids is 1. The van der Waals surface area contributed by atoms with E-state index in [-0.39, 0.29) is 12.5 Å². The molecule has 110 valence electrons. The molecule has 0 radical (unpaired) electrons. The molecule has 0 fully saturated rings. The number of pyridine rings is 1. The molecule has 2 aromatic rings. The van der Waals surface area contributed by atoms with Gasteiger partial charge in [0.25, 0.3) is 0 Å². The van der Waals surface area contributed by atoms with Crippen LogP contribution in [0.1, 0.15) is 24.1 Å². The second-order valence-corrected chi connectivity index (χ2v) is 4.73. The van der Waals surface area contributed by atoms with Crippen LogP contribution >= 0.6 is 0 Å². The van der Waals surface area contributed by atoms with Crippen LogP contribution in [0.5, 0.6) is 0 Å². The minimum Gasteiger partial charge on any atom is -0.445 e. The number of nitrogens with zero attached hydrogens (tertiary/aromatic N) is 1. The van der Waals surface area contributed by atoms with Crippen LogP contribution in [0.15, 0.2) is 48.5 Å². The summed E-state index contributed by atoms with van der Waals surface area (Å²) in [6.07, 6.45) is -0.498. The zero-order valence-electron chi connectivity index (χ0n) is 11.8. The molecule has 1 atom stereocenters. The molecule has 0 aliphatic heterocycles. The van der Waals surface area contributed by atoms with Crippen LogP contribution in [0.25, 0.3) is 0 Å². The van der Waals surface area contributed by atoms with E-state index in [2.05, 4.69) is 10.3 Å². The van der Waals surface area contributed by atoms with Gasteiger partial charge in [0.05, 0.1) is 0 Å². The van der Waals surface area contributed by atoms with E-state index in [1.807, 2.05) is 37.3 Å². The number of alkyl carbamates (subject to hydrolysis) is 1. The lowest BCUT2D eigenvalue weighted by atomic mass is 10.1. The first-order valence-corrected chi connectivity index (χ1v) is 6.72. The SMILES string of the molecule is CC(CNC(=O)OCc1ccccc1)c1cccc(F)n1. The van der Waals surface area contributed by atoms with Gasteiger partial charge in [-0.2, -0.15) is 4.39 Å². The van der Waals surface area contributed by atoms with Crippen molar-refractivity contribution in [2.45, 2.75) is 19.4 Å². The minimum atomic E-state index is -0.522. The van der Waals surface area contributed by atoms with Gasteiger partial charge in [-0.05, 0) is 17.7 Å². The van der Waals surface area contributed by atoms with Gasteiger partial charge >= 0.3 is 6.09 Å². The number of carbonyl (C=O) groups is 1. The lowest BCUT2D eigenvalue weighted by Gasteiger charge is -2.12. The monoisotopic (exact) mass is 288 g/mol. The maximum atomic E-state index is 13.0. The van der Waals surface area contributed by atoms with Crippen LogP contribution in [-0.2, 0) is 11.3 Å². The van der Waals surface area contributed by atoms with Crippen molar-refractivity contribution in [3.63, 3.8) is 0 Å². The molecule has 1 heterocycles. The van der Waals surface area contributed by atoms with Crippen LogP contribution in [0.4, 0.5) is 9.18 Å². The van der Waals surface area contributed by atoms with Gasteiger partial charge < -0.3 is 10.1 Å². The van der Waals surface area contributed by atoms with Crippen LogP contribution < -0.4 is 5.32 Å². The Labute approximate surface area is 123 Å². The van der Waals surface area contributed by atoms with E-state index in [0.717, 1.165) is 5.56 Å². The predicted octanol–water partition coefficient (Wildman–Crippen LogP) is 3.25. The molecular weight excluding hydrogens is 271 g/mol. The first-order chi connectivity index (χ1) is 10.1. The number of hydrogen-bond donors (Lipinski definition) is 1. The summed E-state index contributed by atoms with van der Waals surface area (Å²) in [5, 5.41) is 2.65. The summed E-state index contributed by atoms with van der Waals surface area (Å²) < 4.78 is 18.1. The van der Waals surface area contributed by atoms with Gasteiger partial charge in [0.1, 0.15) is 6.61 Å². The van der Waals surface area contributed by atoms with Crippen LogP contribution in [0.2, 0.25) is 0 Å². The first kappa shape index (κ1) is 15.0. The van der Waals surface area contributed by atoms with E-state index < -0.39 is 12.0 Å². The maximum Gasteiger partial charge on any atom is 0.407 e. The quantitative estimate of drug-likeness (QED) is 0.859. The summed E-state index contributed by atoms with van der Waals surface area (Å²) in [7, 11) is 0. The van der Waals surface area contributed by atoms with E-state index >= 15 is 0 Å². The Morgan fingerprint density at radius 1 is 1.24 bits per heavy atom. The summed E-state index contributed by atoms with van der Waals surface area (Å²) >= 11 is 0. The molecule has 1 N–H and O–H groups in total. The predicted molar refractivity (Wildman–Crippen MR) is 77.2 cm³/mol. The fraction of sp³-hybridized carbons (Fsp3) is 0.250. The number of aromatic nitrogens is 1. The van der Waals surface area contributed by atoms with Gasteiger partial charge in [-0.1, -0.05) is 43.3 Å². The van der Waals surface area contributed by atoms with Crippen molar-refractivity contribution in [2.75, 3.05) is 6.54 Å². The highest BCUT2D eigenvalue weighted by molar-refractivity contribution is 5.67. The second-order valence-electron chi connectivity index (χ2n) is 4.73. The topological polar surface area (TPSA) is 51.2 Å². The third-order valence-electron chi connectivity index (χ3n) is 3.01. The largest absolute Gasteiger partial charge is 0.445 e. The molecule has 0 aliphatic rings. The Morgan fingerprint density at radius 2 is 2.00 bits per heavy atom. The number of amides is 1. The summed E-state index contributed by atoms with van der Waals surface area (Å²) in [5.74, 6) is -0.615. The fourth-order valence-corrected chi connectivity index (χ4v) is 1.81. The molecule has 2 rings (SSSR count). The summed E-state index contributed by atoms with van der Waals surface area (Å²) in [6.45, 7) is 2.42. The molecule has 1 amide bonds. The molecule has 1 aromatic carbocycles. The van der Waals surface area contributed by atoms with Crippen molar-refractivity contribution in [1.29, 1.82) is 0 Å². The van der Waals surface area contributed by atoms with Crippen molar-refractivity contribution in [2.24, 2.45) is 0 Å². The highest BCUT2D eigenvalue weighted by atomic mass is 19.1. The Balaban J connectivity index is 1.76. The van der Waals surface area contributed by atoms with Crippen molar-refractivity contribution in [3.8, 4) is 0 Å². The van der Waals surface area contributed by atoms with Crippen LogP contribution in [0, 0.1) is 5.95 Å². The highest BCUT2D eigenvalue weighted by Crippen LogP contribution is 2.11. The third-order valence-corrected chi connectivity index (χ3v) is 3.01. The Hall–Kier alpha value is -2.43. The molecule has 0 bridgehead atoms. The second kappa shape index (κ2) is 7.38. The van der Waals surface area contributed by atoms with Crippen LogP contribution in [-0.4, -0.2) is 17.6 Å². The molecular formula is C16H17FN2O2. The van der Waals surface area contributed by atoms with E-state index in [4.69, 9.17) is 4.74 Å². The van der Waals surface area contributed by atoms with E-state index in [9.17, 15) is 9.18 Å². The van der Waals surface area contributed by atoms with Gasteiger partial charge in [-0.25, -0.2) is 9.78 Å². The van der Waals surface area contributed by atoms with Gasteiger partial charge in [0, 0.05) is 18.2 Å². The Bertz CT molecular complexity index is 590. The normalized spacial score (nSPS) is 11.7. The fourth-order valence-electron chi connectivity index (χ4n) is 1.81. The number of nitrogens with one attached hydrogen (secondary N) is 1. The number of hydrogen-bond acceptors (Lipinski definition) is 3. The van der Waals surface area contributed by atoms with E-state index in [1.54, 1.807) is 12.1 Å². The molecule has 1 aromatic heterocycles. The van der Waals surface area contributed by atoms with Gasteiger partial charge in [0.2, 0.25) is 5.95 Å². The minimum absolute atomic E-state index is 0.0926. The van der Waals surface area contributed by atoms with Crippen molar-refractivity contribution in [1.82, 2.24) is 10.3 Å².